The predicted molar refractivity (Wildman–Crippen MR) is 114 cm³/mol. The summed E-state index contributed by atoms with van der Waals surface area (Å²) in [5, 5.41) is 21.0. The van der Waals surface area contributed by atoms with Crippen LogP contribution >= 0.6 is 0 Å². The molecule has 6 nitrogen and oxygen atoms in total. The minimum absolute atomic E-state index is 0.0362. The number of nitrogens with zero attached hydrogens (tertiary/aromatic N) is 1. The molecule has 3 saturated carbocycles. The van der Waals surface area contributed by atoms with Crippen LogP contribution < -0.4 is 0 Å². The van der Waals surface area contributed by atoms with Crippen LogP contribution in [0.15, 0.2) is 23.8 Å². The predicted octanol–water partition coefficient (Wildman–Crippen LogP) is 2.30. The molecule has 0 spiro atoms. The molecule has 4 rings (SSSR count). The first kappa shape index (κ1) is 22.0. The Kier molecular flexibility index (Phi) is 7.63. The molecule has 0 bridgehead atoms. The zero-order valence-corrected chi connectivity index (χ0v) is 18.0. The van der Waals surface area contributed by atoms with Crippen LogP contribution in [0, 0.1) is 23.7 Å². The van der Waals surface area contributed by atoms with Gasteiger partial charge in [-0.2, -0.15) is 0 Å². The van der Waals surface area contributed by atoms with Gasteiger partial charge in [0.15, 0.2) is 0 Å². The van der Waals surface area contributed by atoms with Crippen molar-refractivity contribution in [3.05, 3.63) is 23.8 Å². The number of hydrogen-bond donors (Lipinski definition) is 2. The minimum Gasteiger partial charge on any atom is -0.392 e. The first-order chi connectivity index (χ1) is 14.6. The molecule has 1 aliphatic heterocycles. The number of rotatable bonds is 7. The zero-order valence-electron chi connectivity index (χ0n) is 18.0. The molecule has 168 valence electrons. The average Bonchev–Trinajstić information content (AvgIpc) is 3.47. The molecule has 1 heterocycles. The Morgan fingerprint density at radius 1 is 1.23 bits per heavy atom. The van der Waals surface area contributed by atoms with E-state index in [1.165, 1.54) is 18.4 Å². The van der Waals surface area contributed by atoms with Gasteiger partial charge in [-0.25, -0.2) is 0 Å². The summed E-state index contributed by atoms with van der Waals surface area (Å²) in [6.07, 6.45) is 13.0. The molecule has 1 amide bonds. The Balaban J connectivity index is 1.22. The number of hydrogen-bond acceptors (Lipinski definition) is 5. The Labute approximate surface area is 179 Å². The van der Waals surface area contributed by atoms with Crippen LogP contribution in [0.4, 0.5) is 0 Å². The van der Waals surface area contributed by atoms with Crippen LogP contribution in [-0.2, 0) is 14.3 Å². The summed E-state index contributed by atoms with van der Waals surface area (Å²) in [5.74, 6) is 1.54. The van der Waals surface area contributed by atoms with Gasteiger partial charge in [0.1, 0.15) is 6.61 Å². The van der Waals surface area contributed by atoms with Crippen molar-refractivity contribution >= 4 is 5.91 Å². The molecule has 5 atom stereocenters. The fraction of sp³-hybridized carbons (Fsp3) is 0.792. The number of aliphatic hydroxyl groups is 2. The molecule has 1 saturated heterocycles. The van der Waals surface area contributed by atoms with Crippen LogP contribution in [-0.4, -0.2) is 72.7 Å². The van der Waals surface area contributed by atoms with E-state index in [-0.39, 0.29) is 30.6 Å². The van der Waals surface area contributed by atoms with Crippen LogP contribution in [0.25, 0.3) is 0 Å². The van der Waals surface area contributed by atoms with Crippen LogP contribution in [0.2, 0.25) is 0 Å². The first-order valence-corrected chi connectivity index (χ1v) is 11.8. The van der Waals surface area contributed by atoms with Crippen molar-refractivity contribution < 1.29 is 24.5 Å². The number of carbonyl (C=O) groups excluding carboxylic acids is 1. The summed E-state index contributed by atoms with van der Waals surface area (Å²) in [5.41, 5.74) is 1.38. The molecule has 4 aliphatic rings. The molecular formula is C24H37NO5. The topological polar surface area (TPSA) is 79.2 Å². The number of morpholine rings is 1. The fourth-order valence-electron chi connectivity index (χ4n) is 5.86. The molecule has 0 aromatic carbocycles. The standard InChI is InChI=1S/C24H37NO5/c26-22(18-3-1-2-4-18)6-5-20-21-14-17(13-19(21)15-23(20)27)7-10-30-16-24(28)25-8-11-29-12-9-25/h5-7,18-23,26-27H,1-4,8-16H2/b6-5+,17-7?/t19-,20+,21-,22-,23+/m0/s1. The lowest BCUT2D eigenvalue weighted by molar-refractivity contribution is -0.139. The van der Waals surface area contributed by atoms with Crippen molar-refractivity contribution in [2.75, 3.05) is 39.5 Å². The number of ether oxygens (including phenoxy) is 2. The quantitative estimate of drug-likeness (QED) is 0.489. The van der Waals surface area contributed by atoms with Crippen molar-refractivity contribution in [2.24, 2.45) is 23.7 Å². The van der Waals surface area contributed by atoms with E-state index in [0.717, 1.165) is 32.1 Å². The van der Waals surface area contributed by atoms with Gasteiger partial charge in [0, 0.05) is 19.0 Å². The fourth-order valence-corrected chi connectivity index (χ4v) is 5.86. The van der Waals surface area contributed by atoms with E-state index in [0.29, 0.717) is 50.7 Å². The number of amides is 1. The lowest BCUT2D eigenvalue weighted by atomic mass is 9.89. The first-order valence-electron chi connectivity index (χ1n) is 11.8. The molecule has 6 heteroatoms. The second kappa shape index (κ2) is 10.4. The van der Waals surface area contributed by atoms with E-state index in [1.807, 2.05) is 6.08 Å². The van der Waals surface area contributed by atoms with Crippen molar-refractivity contribution in [3.63, 3.8) is 0 Å². The molecule has 0 aromatic heterocycles. The Morgan fingerprint density at radius 2 is 2.00 bits per heavy atom. The third-order valence-electron chi connectivity index (χ3n) is 7.60. The number of allylic oxidation sites excluding steroid dienone is 1. The Hall–Kier alpha value is -1.21. The van der Waals surface area contributed by atoms with Gasteiger partial charge in [0.2, 0.25) is 5.91 Å². The van der Waals surface area contributed by atoms with Crippen LogP contribution in [0.5, 0.6) is 0 Å². The van der Waals surface area contributed by atoms with E-state index in [2.05, 4.69) is 12.2 Å². The maximum atomic E-state index is 12.1. The highest BCUT2D eigenvalue weighted by Crippen LogP contribution is 2.50. The zero-order chi connectivity index (χ0) is 20.9. The molecule has 30 heavy (non-hydrogen) atoms. The van der Waals surface area contributed by atoms with E-state index in [4.69, 9.17) is 9.47 Å². The highest BCUT2D eigenvalue weighted by Gasteiger charge is 2.45. The highest BCUT2D eigenvalue weighted by molar-refractivity contribution is 5.77. The molecule has 3 aliphatic carbocycles. The van der Waals surface area contributed by atoms with E-state index in [1.54, 1.807) is 4.90 Å². The maximum Gasteiger partial charge on any atom is 0.248 e. The summed E-state index contributed by atoms with van der Waals surface area (Å²) in [4.78, 5) is 13.9. The number of fused-ring (bicyclic) bond motifs is 1. The second-order valence-electron chi connectivity index (χ2n) is 9.50. The summed E-state index contributed by atoms with van der Waals surface area (Å²) in [6.45, 7) is 3.11. The van der Waals surface area contributed by atoms with Crippen molar-refractivity contribution in [1.82, 2.24) is 4.90 Å². The van der Waals surface area contributed by atoms with Gasteiger partial charge in [-0.1, -0.05) is 36.6 Å². The second-order valence-corrected chi connectivity index (χ2v) is 9.50. The van der Waals surface area contributed by atoms with Gasteiger partial charge in [-0.15, -0.1) is 0 Å². The number of aliphatic hydroxyl groups excluding tert-OH is 2. The Bertz CT molecular complexity index is 636. The van der Waals surface area contributed by atoms with Crippen LogP contribution in [0.1, 0.15) is 44.9 Å². The lowest BCUT2D eigenvalue weighted by Crippen LogP contribution is -2.42. The van der Waals surface area contributed by atoms with Gasteiger partial charge >= 0.3 is 0 Å². The maximum absolute atomic E-state index is 12.1. The van der Waals surface area contributed by atoms with Crippen molar-refractivity contribution in [1.29, 1.82) is 0 Å². The molecule has 0 unspecified atom stereocenters. The third kappa shape index (κ3) is 5.34. The normalized spacial score (nSPS) is 34.9. The Morgan fingerprint density at radius 3 is 2.77 bits per heavy atom. The monoisotopic (exact) mass is 419 g/mol. The molecule has 0 aromatic rings. The largest absolute Gasteiger partial charge is 0.392 e. The van der Waals surface area contributed by atoms with Crippen molar-refractivity contribution in [3.8, 4) is 0 Å². The average molecular weight is 420 g/mol. The van der Waals surface area contributed by atoms with Gasteiger partial charge < -0.3 is 24.6 Å². The van der Waals surface area contributed by atoms with E-state index < -0.39 is 0 Å². The van der Waals surface area contributed by atoms with E-state index in [9.17, 15) is 15.0 Å². The minimum atomic E-state index is -0.368. The van der Waals surface area contributed by atoms with Crippen LogP contribution in [0.3, 0.4) is 0 Å². The van der Waals surface area contributed by atoms with E-state index >= 15 is 0 Å². The molecule has 0 radical (unpaired) electrons. The summed E-state index contributed by atoms with van der Waals surface area (Å²) < 4.78 is 10.9. The third-order valence-corrected chi connectivity index (χ3v) is 7.60. The molecule has 2 N–H and O–H groups in total. The van der Waals surface area contributed by atoms with Gasteiger partial charge in [0.25, 0.3) is 0 Å². The summed E-state index contributed by atoms with van der Waals surface area (Å²) in [6, 6.07) is 0. The van der Waals surface area contributed by atoms with Gasteiger partial charge in [0.05, 0.1) is 32.0 Å². The molecular weight excluding hydrogens is 382 g/mol. The van der Waals surface area contributed by atoms with Gasteiger partial charge in [-0.3, -0.25) is 4.79 Å². The lowest BCUT2D eigenvalue weighted by Gasteiger charge is -2.26. The number of carbonyl (C=O) groups is 1. The smallest absolute Gasteiger partial charge is 0.248 e. The van der Waals surface area contributed by atoms with Gasteiger partial charge in [-0.05, 0) is 49.9 Å². The highest BCUT2D eigenvalue weighted by atomic mass is 16.5. The summed E-state index contributed by atoms with van der Waals surface area (Å²) >= 11 is 0. The SMILES string of the molecule is O=C(COCC=C1C[C@H]2C[C@@H](O)[C@H](/C=C/[C@H](O)C3CCCC3)[C@H]2C1)N1CCOCC1. The van der Waals surface area contributed by atoms with Crippen molar-refractivity contribution in [2.45, 2.75) is 57.2 Å². The summed E-state index contributed by atoms with van der Waals surface area (Å²) in [7, 11) is 0. The molecule has 4 fully saturated rings.